The Kier molecular flexibility index (Phi) is 5.37. The molecule has 0 aromatic heterocycles. The lowest BCUT2D eigenvalue weighted by Crippen LogP contribution is -2.60. The third kappa shape index (κ3) is 3.13. The molecule has 2 rings (SSSR count). The molecule has 1 N–H and O–H groups in total. The van der Waals surface area contributed by atoms with E-state index >= 15 is 0 Å². The molecule has 2 atom stereocenters. The van der Waals surface area contributed by atoms with Gasteiger partial charge in [-0.2, -0.15) is 0 Å². The molecule has 2 saturated heterocycles. The van der Waals surface area contributed by atoms with E-state index in [-0.39, 0.29) is 42.9 Å². The molecule has 6 nitrogen and oxygen atoms in total. The summed E-state index contributed by atoms with van der Waals surface area (Å²) < 4.78 is 5.44. The van der Waals surface area contributed by atoms with Crippen LogP contribution in [-0.4, -0.2) is 73.6 Å². The summed E-state index contributed by atoms with van der Waals surface area (Å²) in [5, 5.41) is 3.15. The van der Waals surface area contributed by atoms with Crippen molar-refractivity contribution in [2.75, 3.05) is 39.8 Å². The van der Waals surface area contributed by atoms with Gasteiger partial charge < -0.3 is 19.9 Å². The SMILES string of the molecule is C[C@H]1OCCN[C@@H]1C(=O)N1CCN(C)C(=O)C1.Cl. The van der Waals surface area contributed by atoms with E-state index in [9.17, 15) is 9.59 Å². The molecule has 0 radical (unpaired) electrons. The lowest BCUT2D eigenvalue weighted by molar-refractivity contribution is -0.148. The summed E-state index contributed by atoms with van der Waals surface area (Å²) in [6.07, 6.45) is -0.133. The highest BCUT2D eigenvalue weighted by molar-refractivity contribution is 5.88. The molecule has 0 aliphatic carbocycles. The summed E-state index contributed by atoms with van der Waals surface area (Å²) in [5.74, 6) is -0.0346. The van der Waals surface area contributed by atoms with Crippen molar-refractivity contribution in [2.24, 2.45) is 0 Å². The largest absolute Gasteiger partial charge is 0.375 e. The number of hydrogen-bond acceptors (Lipinski definition) is 4. The van der Waals surface area contributed by atoms with Crippen LogP contribution in [0.4, 0.5) is 0 Å². The third-order valence-electron chi connectivity index (χ3n) is 3.35. The van der Waals surface area contributed by atoms with Crippen LogP contribution in [-0.2, 0) is 14.3 Å². The molecule has 0 saturated carbocycles. The van der Waals surface area contributed by atoms with E-state index in [2.05, 4.69) is 5.32 Å². The first-order valence-corrected chi connectivity index (χ1v) is 5.97. The first-order chi connectivity index (χ1) is 8.09. The minimum Gasteiger partial charge on any atom is -0.375 e. The second kappa shape index (κ2) is 6.36. The van der Waals surface area contributed by atoms with Gasteiger partial charge in [0.15, 0.2) is 0 Å². The lowest BCUT2D eigenvalue weighted by Gasteiger charge is -2.37. The van der Waals surface area contributed by atoms with Gasteiger partial charge in [0.25, 0.3) is 0 Å². The smallest absolute Gasteiger partial charge is 0.242 e. The van der Waals surface area contributed by atoms with Crippen LogP contribution in [0.2, 0.25) is 0 Å². The molecule has 2 aliphatic heterocycles. The zero-order chi connectivity index (χ0) is 12.4. The van der Waals surface area contributed by atoms with Crippen molar-refractivity contribution in [3.63, 3.8) is 0 Å². The van der Waals surface area contributed by atoms with Gasteiger partial charge in [0.1, 0.15) is 6.04 Å². The summed E-state index contributed by atoms with van der Waals surface area (Å²) in [6.45, 7) is 4.58. The van der Waals surface area contributed by atoms with Crippen molar-refractivity contribution in [2.45, 2.75) is 19.1 Å². The van der Waals surface area contributed by atoms with E-state index in [4.69, 9.17) is 4.74 Å². The summed E-state index contributed by atoms with van der Waals surface area (Å²) in [5.41, 5.74) is 0. The second-order valence-corrected chi connectivity index (χ2v) is 4.58. The number of ether oxygens (including phenoxy) is 1. The Hall–Kier alpha value is -0.850. The standard InChI is InChI=1S/C11H19N3O3.ClH/c1-8-10(12-3-6-17-8)11(16)14-5-4-13(2)9(15)7-14;/h8,10,12H,3-7H2,1-2H3;1H/t8-,10+;/m1./s1. The minimum atomic E-state index is -0.319. The number of morpholine rings is 1. The minimum absolute atomic E-state index is 0. The molecule has 0 aromatic carbocycles. The molecular weight excluding hydrogens is 258 g/mol. The van der Waals surface area contributed by atoms with Crippen LogP contribution in [0.5, 0.6) is 0 Å². The number of carbonyl (C=O) groups excluding carboxylic acids is 2. The first-order valence-electron chi connectivity index (χ1n) is 5.97. The number of carbonyl (C=O) groups is 2. The fraction of sp³-hybridized carbons (Fsp3) is 0.818. The highest BCUT2D eigenvalue weighted by atomic mass is 35.5. The second-order valence-electron chi connectivity index (χ2n) is 4.58. The Balaban J connectivity index is 0.00000162. The number of halogens is 1. The Labute approximate surface area is 113 Å². The van der Waals surface area contributed by atoms with E-state index in [1.165, 1.54) is 0 Å². The van der Waals surface area contributed by atoms with Gasteiger partial charge >= 0.3 is 0 Å². The molecule has 2 aliphatic rings. The highest BCUT2D eigenvalue weighted by Gasteiger charge is 2.34. The molecule has 0 unspecified atom stereocenters. The zero-order valence-electron chi connectivity index (χ0n) is 10.7. The van der Waals surface area contributed by atoms with Crippen LogP contribution < -0.4 is 5.32 Å². The van der Waals surface area contributed by atoms with Crippen LogP contribution in [0, 0.1) is 0 Å². The Morgan fingerprint density at radius 2 is 2.17 bits per heavy atom. The monoisotopic (exact) mass is 277 g/mol. The number of amides is 2. The maximum atomic E-state index is 12.2. The molecule has 18 heavy (non-hydrogen) atoms. The lowest BCUT2D eigenvalue weighted by atomic mass is 10.1. The van der Waals surface area contributed by atoms with E-state index in [0.29, 0.717) is 26.2 Å². The summed E-state index contributed by atoms with van der Waals surface area (Å²) in [6, 6.07) is -0.319. The zero-order valence-corrected chi connectivity index (χ0v) is 11.5. The van der Waals surface area contributed by atoms with Crippen LogP contribution in [0.1, 0.15) is 6.92 Å². The van der Waals surface area contributed by atoms with Gasteiger partial charge in [0.2, 0.25) is 11.8 Å². The van der Waals surface area contributed by atoms with Crippen molar-refractivity contribution in [3.8, 4) is 0 Å². The fourth-order valence-corrected chi connectivity index (χ4v) is 2.15. The topological polar surface area (TPSA) is 61.9 Å². The van der Waals surface area contributed by atoms with Crippen molar-refractivity contribution >= 4 is 24.2 Å². The molecule has 0 spiro atoms. The van der Waals surface area contributed by atoms with Crippen molar-refractivity contribution < 1.29 is 14.3 Å². The summed E-state index contributed by atoms with van der Waals surface area (Å²) in [7, 11) is 1.76. The Morgan fingerprint density at radius 3 is 2.78 bits per heavy atom. The molecule has 7 heteroatoms. The Bertz CT molecular complexity index is 327. The number of nitrogens with one attached hydrogen (secondary N) is 1. The normalized spacial score (nSPS) is 28.9. The van der Waals surface area contributed by atoms with Gasteiger partial charge in [-0.3, -0.25) is 9.59 Å². The predicted molar refractivity (Wildman–Crippen MR) is 68.7 cm³/mol. The average molecular weight is 278 g/mol. The fourth-order valence-electron chi connectivity index (χ4n) is 2.15. The first kappa shape index (κ1) is 15.2. The van der Waals surface area contributed by atoms with Crippen LogP contribution in [0.15, 0.2) is 0 Å². The molecule has 2 amide bonds. The van der Waals surface area contributed by atoms with E-state index in [1.54, 1.807) is 16.8 Å². The van der Waals surface area contributed by atoms with Crippen LogP contribution in [0.25, 0.3) is 0 Å². The Morgan fingerprint density at radius 1 is 1.44 bits per heavy atom. The van der Waals surface area contributed by atoms with E-state index in [1.807, 2.05) is 6.92 Å². The molecule has 0 aromatic rings. The third-order valence-corrected chi connectivity index (χ3v) is 3.35. The summed E-state index contributed by atoms with van der Waals surface area (Å²) in [4.78, 5) is 27.0. The highest BCUT2D eigenvalue weighted by Crippen LogP contribution is 2.10. The summed E-state index contributed by atoms with van der Waals surface area (Å²) >= 11 is 0. The maximum absolute atomic E-state index is 12.2. The molecule has 2 fully saturated rings. The van der Waals surface area contributed by atoms with Crippen LogP contribution in [0.3, 0.4) is 0 Å². The molecule has 104 valence electrons. The number of nitrogens with zero attached hydrogens (tertiary/aromatic N) is 2. The van der Waals surface area contributed by atoms with E-state index < -0.39 is 0 Å². The number of piperazine rings is 1. The van der Waals surface area contributed by atoms with Gasteiger partial charge in [0.05, 0.1) is 19.3 Å². The van der Waals surface area contributed by atoms with Crippen molar-refractivity contribution in [1.82, 2.24) is 15.1 Å². The van der Waals surface area contributed by atoms with Gasteiger partial charge in [-0.25, -0.2) is 0 Å². The maximum Gasteiger partial charge on any atom is 0.242 e. The van der Waals surface area contributed by atoms with Gasteiger partial charge in [-0.1, -0.05) is 0 Å². The number of rotatable bonds is 1. The van der Waals surface area contributed by atoms with Gasteiger partial charge in [-0.15, -0.1) is 12.4 Å². The average Bonchev–Trinajstić information content (AvgIpc) is 2.32. The van der Waals surface area contributed by atoms with Crippen molar-refractivity contribution in [1.29, 1.82) is 0 Å². The van der Waals surface area contributed by atoms with E-state index in [0.717, 1.165) is 0 Å². The number of hydrogen-bond donors (Lipinski definition) is 1. The molecule has 2 heterocycles. The predicted octanol–water partition coefficient (Wildman–Crippen LogP) is -0.914. The molecular formula is C11H20ClN3O3. The van der Waals surface area contributed by atoms with Crippen LogP contribution >= 0.6 is 12.4 Å². The van der Waals surface area contributed by atoms with Crippen molar-refractivity contribution in [3.05, 3.63) is 0 Å². The molecule has 0 bridgehead atoms. The quantitative estimate of drug-likeness (QED) is 0.674. The van der Waals surface area contributed by atoms with Gasteiger partial charge in [0, 0.05) is 26.7 Å². The van der Waals surface area contributed by atoms with Gasteiger partial charge in [-0.05, 0) is 6.92 Å². The number of likely N-dealkylation sites (N-methyl/N-ethyl adjacent to an activating group) is 1.